The highest BCUT2D eigenvalue weighted by atomic mass is 16.1. The molecule has 3 aromatic heterocycles. The number of para-hydroxylation sites is 5. The van der Waals surface area contributed by atoms with E-state index in [0.29, 0.717) is 16.7 Å². The van der Waals surface area contributed by atoms with Crippen LogP contribution in [0.15, 0.2) is 181 Å². The van der Waals surface area contributed by atoms with E-state index in [1.54, 1.807) is 4.40 Å². The standard InChI is InChI=1S/C44H29N5O/c50-43-36-21-10-12-22-38(36)45-44-48(33-24-26-40-37(28-33)35-20-11-13-23-39(35)47(40)32-18-8-3-9-19-32)41-27-25-34(29-42(41)49(43)44)46(30-14-4-1-5-15-30)31-16-6-2-7-17-31/h1-29H. The van der Waals surface area contributed by atoms with Crippen LogP contribution < -0.4 is 10.5 Å². The molecule has 7 aromatic carbocycles. The topological polar surface area (TPSA) is 47.5 Å². The molecule has 0 fully saturated rings. The van der Waals surface area contributed by atoms with E-state index in [2.05, 4.69) is 123 Å². The molecule has 10 rings (SSSR count). The lowest BCUT2D eigenvalue weighted by atomic mass is 10.1. The second-order valence-electron chi connectivity index (χ2n) is 12.5. The molecule has 6 nitrogen and oxygen atoms in total. The van der Waals surface area contributed by atoms with Gasteiger partial charge in [0.1, 0.15) is 0 Å². The Bertz CT molecular complexity index is 2900. The summed E-state index contributed by atoms with van der Waals surface area (Å²) >= 11 is 0. The second-order valence-corrected chi connectivity index (χ2v) is 12.5. The number of hydrogen-bond donors (Lipinski definition) is 0. The van der Waals surface area contributed by atoms with Crippen LogP contribution in [-0.2, 0) is 0 Å². The predicted octanol–water partition coefficient (Wildman–Crippen LogP) is 10.4. The minimum absolute atomic E-state index is 0.0979. The van der Waals surface area contributed by atoms with Gasteiger partial charge < -0.3 is 9.47 Å². The number of hydrogen-bond acceptors (Lipinski definition) is 3. The molecule has 0 unspecified atom stereocenters. The van der Waals surface area contributed by atoms with Crippen LogP contribution in [-0.4, -0.2) is 18.5 Å². The number of anilines is 3. The molecule has 50 heavy (non-hydrogen) atoms. The summed E-state index contributed by atoms with van der Waals surface area (Å²) in [5, 5.41) is 2.87. The zero-order chi connectivity index (χ0) is 33.2. The van der Waals surface area contributed by atoms with Gasteiger partial charge in [-0.1, -0.05) is 84.9 Å². The van der Waals surface area contributed by atoms with Gasteiger partial charge in [0.05, 0.1) is 33.0 Å². The van der Waals surface area contributed by atoms with Crippen molar-refractivity contribution in [2.24, 2.45) is 0 Å². The summed E-state index contributed by atoms with van der Waals surface area (Å²) in [5.74, 6) is 0.568. The number of nitrogens with zero attached hydrogens (tertiary/aromatic N) is 5. The fourth-order valence-electron chi connectivity index (χ4n) is 7.43. The monoisotopic (exact) mass is 643 g/mol. The lowest BCUT2D eigenvalue weighted by Gasteiger charge is -2.25. The van der Waals surface area contributed by atoms with Crippen molar-refractivity contribution in [1.82, 2.24) is 18.5 Å². The molecule has 0 amide bonds. The van der Waals surface area contributed by atoms with Gasteiger partial charge in [0.25, 0.3) is 5.56 Å². The Morgan fingerprint density at radius 3 is 1.76 bits per heavy atom. The van der Waals surface area contributed by atoms with Crippen LogP contribution >= 0.6 is 0 Å². The zero-order valence-electron chi connectivity index (χ0n) is 26.9. The van der Waals surface area contributed by atoms with E-state index < -0.39 is 0 Å². The van der Waals surface area contributed by atoms with Gasteiger partial charge in [0.2, 0.25) is 5.78 Å². The third-order valence-corrected chi connectivity index (χ3v) is 9.61. The minimum atomic E-state index is -0.0979. The molecule has 3 heterocycles. The SMILES string of the molecule is O=c1c2ccccc2nc2n(-c3ccc4c(c3)c3ccccc3n4-c3ccccc3)c3ccc(N(c4ccccc4)c4ccccc4)cc3n12. The van der Waals surface area contributed by atoms with Crippen molar-refractivity contribution in [1.29, 1.82) is 0 Å². The summed E-state index contributed by atoms with van der Waals surface area (Å²) in [6.07, 6.45) is 0. The highest BCUT2D eigenvalue weighted by Crippen LogP contribution is 2.38. The predicted molar refractivity (Wildman–Crippen MR) is 205 cm³/mol. The number of rotatable bonds is 5. The van der Waals surface area contributed by atoms with Crippen molar-refractivity contribution in [3.05, 3.63) is 186 Å². The molecule has 0 aliphatic heterocycles. The Morgan fingerprint density at radius 1 is 0.420 bits per heavy atom. The van der Waals surface area contributed by atoms with Crippen LogP contribution in [0.3, 0.4) is 0 Å². The van der Waals surface area contributed by atoms with Gasteiger partial charge in [-0.3, -0.25) is 9.36 Å². The van der Waals surface area contributed by atoms with E-state index in [1.165, 1.54) is 0 Å². The number of benzene rings is 7. The van der Waals surface area contributed by atoms with E-state index in [1.807, 2.05) is 66.7 Å². The number of aromatic nitrogens is 4. The Hall–Kier alpha value is -6.92. The van der Waals surface area contributed by atoms with E-state index >= 15 is 0 Å². The molecule has 6 heteroatoms. The van der Waals surface area contributed by atoms with Crippen molar-refractivity contribution in [2.75, 3.05) is 4.90 Å². The zero-order valence-corrected chi connectivity index (χ0v) is 26.9. The Morgan fingerprint density at radius 2 is 1.02 bits per heavy atom. The van der Waals surface area contributed by atoms with Crippen LogP contribution in [0.2, 0.25) is 0 Å². The first-order chi connectivity index (χ1) is 24.7. The van der Waals surface area contributed by atoms with Crippen molar-refractivity contribution >= 4 is 66.6 Å². The summed E-state index contributed by atoms with van der Waals surface area (Å²) in [6, 6.07) is 60.1. The van der Waals surface area contributed by atoms with Crippen molar-refractivity contribution in [3.63, 3.8) is 0 Å². The van der Waals surface area contributed by atoms with Crippen molar-refractivity contribution in [3.8, 4) is 11.4 Å². The molecule has 0 N–H and O–H groups in total. The number of fused-ring (bicyclic) bond motifs is 7. The average molecular weight is 644 g/mol. The lowest BCUT2D eigenvalue weighted by Crippen LogP contribution is -2.15. The molecule has 0 saturated carbocycles. The fourth-order valence-corrected chi connectivity index (χ4v) is 7.43. The maximum absolute atomic E-state index is 14.4. The smallest absolute Gasteiger partial charge is 0.267 e. The summed E-state index contributed by atoms with van der Waals surface area (Å²) in [7, 11) is 0. The van der Waals surface area contributed by atoms with Crippen LogP contribution in [0.5, 0.6) is 0 Å². The lowest BCUT2D eigenvalue weighted by molar-refractivity contribution is 1.05. The normalized spacial score (nSPS) is 11.7. The second kappa shape index (κ2) is 11.1. The molecule has 0 radical (unpaired) electrons. The van der Waals surface area contributed by atoms with Crippen molar-refractivity contribution in [2.45, 2.75) is 0 Å². The quantitative estimate of drug-likeness (QED) is 0.188. The first kappa shape index (κ1) is 28.1. The summed E-state index contributed by atoms with van der Waals surface area (Å²) < 4.78 is 6.20. The molecule has 0 bridgehead atoms. The largest absolute Gasteiger partial charge is 0.310 e. The Balaban J connectivity index is 1.28. The molecular formula is C44H29N5O. The van der Waals surface area contributed by atoms with E-state index in [-0.39, 0.29) is 5.56 Å². The summed E-state index contributed by atoms with van der Waals surface area (Å²) in [5.41, 5.74) is 9.52. The maximum Gasteiger partial charge on any atom is 0.267 e. The minimum Gasteiger partial charge on any atom is -0.310 e. The molecule has 0 aliphatic rings. The van der Waals surface area contributed by atoms with Gasteiger partial charge >= 0.3 is 0 Å². The van der Waals surface area contributed by atoms with Gasteiger partial charge in [-0.05, 0) is 91.0 Å². The van der Waals surface area contributed by atoms with E-state index in [4.69, 9.17) is 4.98 Å². The third kappa shape index (κ3) is 4.22. The summed E-state index contributed by atoms with van der Waals surface area (Å²) in [4.78, 5) is 21.8. The van der Waals surface area contributed by atoms with Crippen molar-refractivity contribution < 1.29 is 0 Å². The van der Waals surface area contributed by atoms with Crippen LogP contribution in [0, 0.1) is 0 Å². The molecule has 0 aliphatic carbocycles. The first-order valence-corrected chi connectivity index (χ1v) is 16.7. The van der Waals surface area contributed by atoms with Crippen LogP contribution in [0.1, 0.15) is 0 Å². The Kier molecular flexibility index (Phi) is 6.23. The highest BCUT2D eigenvalue weighted by Gasteiger charge is 2.21. The van der Waals surface area contributed by atoms with Gasteiger partial charge in [-0.25, -0.2) is 9.38 Å². The van der Waals surface area contributed by atoms with Gasteiger partial charge in [-0.2, -0.15) is 0 Å². The average Bonchev–Trinajstić information content (AvgIpc) is 3.68. The van der Waals surface area contributed by atoms with Crippen LogP contribution in [0.4, 0.5) is 17.1 Å². The molecule has 0 atom stereocenters. The molecule has 10 aromatic rings. The van der Waals surface area contributed by atoms with Gasteiger partial charge in [-0.15, -0.1) is 0 Å². The van der Waals surface area contributed by atoms with Crippen LogP contribution in [0.25, 0.3) is 60.9 Å². The molecular weight excluding hydrogens is 615 g/mol. The first-order valence-electron chi connectivity index (χ1n) is 16.7. The Labute approximate surface area is 286 Å². The molecule has 236 valence electrons. The fraction of sp³-hybridized carbons (Fsp3) is 0. The highest BCUT2D eigenvalue weighted by molar-refractivity contribution is 6.10. The van der Waals surface area contributed by atoms with E-state index in [0.717, 1.165) is 61.3 Å². The summed E-state index contributed by atoms with van der Waals surface area (Å²) in [6.45, 7) is 0. The van der Waals surface area contributed by atoms with Gasteiger partial charge in [0.15, 0.2) is 0 Å². The maximum atomic E-state index is 14.4. The van der Waals surface area contributed by atoms with Gasteiger partial charge in [0, 0.05) is 39.2 Å². The van der Waals surface area contributed by atoms with E-state index in [9.17, 15) is 4.79 Å². The number of imidazole rings is 1. The third-order valence-electron chi connectivity index (χ3n) is 9.61. The molecule has 0 saturated heterocycles. The molecule has 0 spiro atoms.